The molecule has 0 heterocycles. The molecule has 0 saturated heterocycles. The standard InChI is InChI=1S/C4H7O3.Cr.O/c1-4(2-5)7-3-6;;/h3-4H,2H2,1H3;;/q-1;+1;. The fourth-order valence-electron chi connectivity index (χ4n) is 0.258. The van der Waals surface area contributed by atoms with Gasteiger partial charge in [0.15, 0.2) is 0 Å². The molecule has 0 N–H and O–H groups in total. The van der Waals surface area contributed by atoms with Gasteiger partial charge in [-0.3, -0.25) is 0 Å². The first-order chi connectivity index (χ1) is 4.31. The maximum atomic E-state index is 9.73. The Labute approximate surface area is 59.4 Å². The van der Waals surface area contributed by atoms with Crippen molar-refractivity contribution in [3.63, 3.8) is 0 Å². The Morgan fingerprint density at radius 1 is 1.78 bits per heavy atom. The number of hydrogen-bond acceptors (Lipinski definition) is 4. The van der Waals surface area contributed by atoms with Crippen molar-refractivity contribution in [3.8, 4) is 0 Å². The summed E-state index contributed by atoms with van der Waals surface area (Å²) in [6, 6.07) is 0. The van der Waals surface area contributed by atoms with E-state index in [4.69, 9.17) is 0 Å². The molecule has 0 rings (SSSR count). The molecule has 0 saturated carbocycles. The van der Waals surface area contributed by atoms with Crippen LogP contribution in [0.5, 0.6) is 0 Å². The molecular formula is C4H7CrO4. The third-order valence-electron chi connectivity index (χ3n) is 0.639. The van der Waals surface area contributed by atoms with Crippen molar-refractivity contribution in [3.05, 3.63) is 0 Å². The summed E-state index contributed by atoms with van der Waals surface area (Å²) in [6.45, 7) is 2.19. The second kappa shape index (κ2) is 5.89. The Bertz CT molecular complexity index is 94.6. The summed E-state index contributed by atoms with van der Waals surface area (Å²) in [7, 11) is 0. The van der Waals surface area contributed by atoms with E-state index >= 15 is 0 Å². The Hall–Kier alpha value is -0.238. The van der Waals surface area contributed by atoms with E-state index in [0.717, 1.165) is 0 Å². The first-order valence-corrected chi connectivity index (χ1v) is 3.36. The summed E-state index contributed by atoms with van der Waals surface area (Å²) in [4.78, 5) is 9.63. The Morgan fingerprint density at radius 2 is 2.44 bits per heavy atom. The molecule has 0 bridgehead atoms. The van der Waals surface area contributed by atoms with Crippen LogP contribution in [0.4, 0.5) is 0 Å². The number of ether oxygens (including phenoxy) is 1. The van der Waals surface area contributed by atoms with Crippen molar-refractivity contribution >= 4 is 6.47 Å². The normalized spacial score (nSPS) is 12.1. The topological polar surface area (TPSA) is 52.6 Å². The Balaban J connectivity index is 3.14. The van der Waals surface area contributed by atoms with Gasteiger partial charge < -0.3 is 0 Å². The molecule has 9 heavy (non-hydrogen) atoms. The zero-order valence-corrected chi connectivity index (χ0v) is 6.18. The molecule has 0 amide bonds. The van der Waals surface area contributed by atoms with Crippen LogP contribution in [0.25, 0.3) is 0 Å². The number of carbonyl (C=O) groups is 1. The number of rotatable bonds is 5. The van der Waals surface area contributed by atoms with Crippen LogP contribution in [0.2, 0.25) is 0 Å². The third-order valence-corrected chi connectivity index (χ3v) is 1.00. The van der Waals surface area contributed by atoms with Gasteiger partial charge in [-0.2, -0.15) is 0 Å². The van der Waals surface area contributed by atoms with Gasteiger partial charge >= 0.3 is 58.7 Å². The van der Waals surface area contributed by atoms with E-state index in [1.807, 2.05) is 0 Å². The molecule has 0 aromatic heterocycles. The summed E-state index contributed by atoms with van der Waals surface area (Å²) in [5.41, 5.74) is 0. The molecule has 0 aliphatic carbocycles. The fraction of sp³-hybridized carbons (Fsp3) is 0.750. The van der Waals surface area contributed by atoms with E-state index in [9.17, 15) is 8.60 Å². The SMILES string of the molecule is CC(C[O][Cr]=[O])OC=O. The predicted octanol–water partition coefficient (Wildman–Crippen LogP) is -0.0925. The summed E-state index contributed by atoms with van der Waals surface area (Å²) >= 11 is -1.04. The Kier molecular flexibility index (Phi) is 5.74. The molecule has 0 radical (unpaired) electrons. The van der Waals surface area contributed by atoms with Crippen LogP contribution in [0, 0.1) is 0 Å². The van der Waals surface area contributed by atoms with Crippen molar-refractivity contribution in [1.82, 2.24) is 0 Å². The van der Waals surface area contributed by atoms with Crippen molar-refractivity contribution < 1.29 is 32.6 Å². The fourth-order valence-corrected chi connectivity index (χ4v) is 0.644. The molecule has 4 nitrogen and oxygen atoms in total. The van der Waals surface area contributed by atoms with Gasteiger partial charge in [-0.15, -0.1) is 0 Å². The predicted molar refractivity (Wildman–Crippen MR) is 23.2 cm³/mol. The van der Waals surface area contributed by atoms with Gasteiger partial charge in [0, 0.05) is 0 Å². The number of hydrogen-bond donors (Lipinski definition) is 0. The van der Waals surface area contributed by atoms with Crippen molar-refractivity contribution in [2.45, 2.75) is 13.0 Å². The summed E-state index contributed by atoms with van der Waals surface area (Å²) in [5, 5.41) is 0. The first kappa shape index (κ1) is 8.76. The molecule has 5 heteroatoms. The third kappa shape index (κ3) is 5.64. The van der Waals surface area contributed by atoms with E-state index in [2.05, 4.69) is 8.53 Å². The first-order valence-electron chi connectivity index (χ1n) is 2.31. The molecular weight excluding hydrogens is 164 g/mol. The van der Waals surface area contributed by atoms with E-state index in [-0.39, 0.29) is 12.7 Å². The monoisotopic (exact) mass is 171 g/mol. The van der Waals surface area contributed by atoms with E-state index in [0.29, 0.717) is 6.47 Å². The van der Waals surface area contributed by atoms with Crippen LogP contribution in [0.1, 0.15) is 6.92 Å². The molecule has 0 aliphatic rings. The maximum absolute atomic E-state index is 9.73. The van der Waals surface area contributed by atoms with Gasteiger partial charge in [0.05, 0.1) is 0 Å². The van der Waals surface area contributed by atoms with Gasteiger partial charge in [0.1, 0.15) is 0 Å². The van der Waals surface area contributed by atoms with E-state index < -0.39 is 15.5 Å². The van der Waals surface area contributed by atoms with Crippen LogP contribution in [0.15, 0.2) is 0 Å². The van der Waals surface area contributed by atoms with Crippen molar-refractivity contribution in [1.29, 1.82) is 0 Å². The van der Waals surface area contributed by atoms with Crippen LogP contribution < -0.4 is 0 Å². The molecule has 53 valence electrons. The van der Waals surface area contributed by atoms with Gasteiger partial charge in [-0.05, 0) is 0 Å². The quantitative estimate of drug-likeness (QED) is 0.542. The van der Waals surface area contributed by atoms with Gasteiger partial charge in [-0.25, -0.2) is 0 Å². The van der Waals surface area contributed by atoms with Crippen molar-refractivity contribution in [2.75, 3.05) is 6.61 Å². The molecule has 0 aromatic carbocycles. The van der Waals surface area contributed by atoms with Crippen LogP contribution >= 0.6 is 0 Å². The molecule has 1 unspecified atom stereocenters. The summed E-state index contributed by atoms with van der Waals surface area (Å²) < 4.78 is 18.6. The molecule has 0 fully saturated rings. The van der Waals surface area contributed by atoms with Gasteiger partial charge in [0.25, 0.3) is 0 Å². The minimum absolute atomic E-state index is 0.197. The minimum atomic E-state index is -1.04. The zero-order valence-electron chi connectivity index (χ0n) is 4.90. The molecule has 0 aliphatic heterocycles. The average molecular weight is 171 g/mol. The number of carbonyl (C=O) groups excluding carboxylic acids is 1. The van der Waals surface area contributed by atoms with Crippen LogP contribution in [0.3, 0.4) is 0 Å². The van der Waals surface area contributed by atoms with E-state index in [1.165, 1.54) is 0 Å². The summed E-state index contributed by atoms with van der Waals surface area (Å²) in [5.74, 6) is 0. The zero-order chi connectivity index (χ0) is 7.11. The second-order valence-corrected chi connectivity index (χ2v) is 1.98. The van der Waals surface area contributed by atoms with E-state index in [1.54, 1.807) is 6.92 Å². The average Bonchev–Trinajstić information content (AvgIpc) is 1.85. The summed E-state index contributed by atoms with van der Waals surface area (Å²) in [6.07, 6.45) is -0.307. The van der Waals surface area contributed by atoms with Crippen LogP contribution in [-0.4, -0.2) is 19.2 Å². The Morgan fingerprint density at radius 3 is 2.89 bits per heavy atom. The van der Waals surface area contributed by atoms with Crippen LogP contribution in [-0.2, 0) is 32.6 Å². The second-order valence-electron chi connectivity index (χ2n) is 1.40. The molecule has 1 atom stereocenters. The molecule has 0 spiro atoms. The van der Waals surface area contributed by atoms with Gasteiger partial charge in [-0.1, -0.05) is 0 Å². The van der Waals surface area contributed by atoms with Crippen molar-refractivity contribution in [2.24, 2.45) is 0 Å². The van der Waals surface area contributed by atoms with Gasteiger partial charge in [0.2, 0.25) is 0 Å². The molecule has 0 aromatic rings.